The van der Waals surface area contributed by atoms with Gasteiger partial charge in [-0.15, -0.1) is 0 Å². The number of ketones is 1. The van der Waals surface area contributed by atoms with Gasteiger partial charge in [0.1, 0.15) is 5.82 Å². The van der Waals surface area contributed by atoms with Crippen molar-refractivity contribution in [2.75, 3.05) is 18.0 Å². The Morgan fingerprint density at radius 1 is 1.24 bits per heavy atom. The van der Waals surface area contributed by atoms with Gasteiger partial charge in [0.05, 0.1) is 0 Å². The molecule has 1 aliphatic rings. The zero-order valence-electron chi connectivity index (χ0n) is 13.6. The second-order valence-corrected chi connectivity index (χ2v) is 7.20. The van der Waals surface area contributed by atoms with Gasteiger partial charge < -0.3 is 4.90 Å². The number of Topliss-reactive ketones (excluding diaryl/α,β-unsaturated/α-hetero) is 1. The van der Waals surface area contributed by atoms with Crippen LogP contribution in [-0.2, 0) is 0 Å². The lowest BCUT2D eigenvalue weighted by molar-refractivity contribution is 0.101. The Kier molecular flexibility index (Phi) is 4.70. The molecule has 1 fully saturated rings. The Bertz CT molecular complexity index is 518. The molecule has 0 spiro atoms. The molecule has 2 nitrogen and oxygen atoms in total. The maximum absolute atomic E-state index is 13.4. The Labute approximate surface area is 127 Å². The molecule has 3 heteroatoms. The van der Waals surface area contributed by atoms with Gasteiger partial charge in [-0.25, -0.2) is 4.39 Å². The third-order valence-corrected chi connectivity index (χ3v) is 4.63. The maximum atomic E-state index is 13.4. The van der Waals surface area contributed by atoms with Gasteiger partial charge in [0, 0.05) is 24.3 Å². The summed E-state index contributed by atoms with van der Waals surface area (Å²) in [6, 6.07) is 4.57. The number of anilines is 1. The molecule has 1 atom stereocenters. The van der Waals surface area contributed by atoms with Crippen LogP contribution in [0, 0.1) is 17.2 Å². The summed E-state index contributed by atoms with van der Waals surface area (Å²) in [5.74, 6) is 0.288. The standard InChI is InChI=1S/C18H26FNO/c1-13(21)16-12-15(19)7-8-17(16)20-10-5-6-14(9-11-20)18(2,3)4/h7-8,12,14H,5-6,9-11H2,1-4H3. The van der Waals surface area contributed by atoms with E-state index in [2.05, 4.69) is 25.7 Å². The molecule has 116 valence electrons. The van der Waals surface area contributed by atoms with Crippen molar-refractivity contribution in [3.05, 3.63) is 29.6 Å². The van der Waals surface area contributed by atoms with E-state index in [1.165, 1.54) is 25.5 Å². The Morgan fingerprint density at radius 2 is 1.95 bits per heavy atom. The summed E-state index contributed by atoms with van der Waals surface area (Å²) in [4.78, 5) is 14.0. The number of hydrogen-bond acceptors (Lipinski definition) is 2. The molecule has 21 heavy (non-hydrogen) atoms. The molecule has 2 rings (SSSR count). The zero-order valence-corrected chi connectivity index (χ0v) is 13.6. The molecule has 1 unspecified atom stereocenters. The molecule has 1 saturated heterocycles. The molecule has 0 bridgehead atoms. The summed E-state index contributed by atoms with van der Waals surface area (Å²) < 4.78 is 13.4. The average Bonchev–Trinajstić information content (AvgIpc) is 2.63. The van der Waals surface area contributed by atoms with Crippen molar-refractivity contribution >= 4 is 11.5 Å². The van der Waals surface area contributed by atoms with Crippen molar-refractivity contribution in [2.24, 2.45) is 11.3 Å². The van der Waals surface area contributed by atoms with Gasteiger partial charge in [0.25, 0.3) is 0 Å². The first kappa shape index (κ1) is 16.0. The first-order valence-corrected chi connectivity index (χ1v) is 7.84. The molecule has 0 radical (unpaired) electrons. The lowest BCUT2D eigenvalue weighted by Gasteiger charge is -2.30. The second kappa shape index (κ2) is 6.17. The fraction of sp³-hybridized carbons (Fsp3) is 0.611. The molecule has 0 aromatic heterocycles. The monoisotopic (exact) mass is 291 g/mol. The van der Waals surface area contributed by atoms with Crippen molar-refractivity contribution in [1.82, 2.24) is 0 Å². The van der Waals surface area contributed by atoms with Crippen LogP contribution in [0.2, 0.25) is 0 Å². The molecular formula is C18H26FNO. The predicted molar refractivity (Wildman–Crippen MR) is 85.4 cm³/mol. The maximum Gasteiger partial charge on any atom is 0.161 e. The minimum atomic E-state index is -0.341. The molecule has 1 aromatic rings. The highest BCUT2D eigenvalue weighted by molar-refractivity contribution is 5.99. The number of halogens is 1. The molecule has 0 aliphatic carbocycles. The fourth-order valence-corrected chi connectivity index (χ4v) is 3.27. The molecule has 0 saturated carbocycles. The quantitative estimate of drug-likeness (QED) is 0.737. The molecule has 1 heterocycles. The number of benzene rings is 1. The number of carbonyl (C=O) groups is 1. The number of carbonyl (C=O) groups excluding carboxylic acids is 1. The first-order chi connectivity index (χ1) is 9.79. The number of nitrogens with zero attached hydrogens (tertiary/aromatic N) is 1. The summed E-state index contributed by atoms with van der Waals surface area (Å²) in [6.07, 6.45) is 3.46. The zero-order chi connectivity index (χ0) is 15.6. The van der Waals surface area contributed by atoms with Gasteiger partial charge in [-0.3, -0.25) is 4.79 Å². The van der Waals surface area contributed by atoms with Gasteiger partial charge in [-0.2, -0.15) is 0 Å². The lowest BCUT2D eigenvalue weighted by atomic mass is 9.77. The first-order valence-electron chi connectivity index (χ1n) is 7.84. The summed E-state index contributed by atoms with van der Waals surface area (Å²) in [5.41, 5.74) is 1.71. The van der Waals surface area contributed by atoms with Crippen LogP contribution < -0.4 is 4.90 Å². The third-order valence-electron chi connectivity index (χ3n) is 4.63. The van der Waals surface area contributed by atoms with Crippen molar-refractivity contribution < 1.29 is 9.18 Å². The second-order valence-electron chi connectivity index (χ2n) is 7.20. The fourth-order valence-electron chi connectivity index (χ4n) is 3.27. The average molecular weight is 291 g/mol. The minimum absolute atomic E-state index is 0.0684. The van der Waals surface area contributed by atoms with E-state index in [1.54, 1.807) is 6.07 Å². The normalized spacial score (nSPS) is 20.2. The van der Waals surface area contributed by atoms with E-state index in [0.29, 0.717) is 16.9 Å². The smallest absolute Gasteiger partial charge is 0.161 e. The van der Waals surface area contributed by atoms with Gasteiger partial charge >= 0.3 is 0 Å². The number of rotatable bonds is 2. The van der Waals surface area contributed by atoms with E-state index < -0.39 is 0 Å². The Hall–Kier alpha value is -1.38. The van der Waals surface area contributed by atoms with Crippen LogP contribution >= 0.6 is 0 Å². The molecule has 1 aliphatic heterocycles. The van der Waals surface area contributed by atoms with Crippen LogP contribution in [0.25, 0.3) is 0 Å². The van der Waals surface area contributed by atoms with Crippen LogP contribution in [0.1, 0.15) is 57.3 Å². The Balaban J connectivity index is 2.22. The largest absolute Gasteiger partial charge is 0.371 e. The van der Waals surface area contributed by atoms with Crippen molar-refractivity contribution in [3.63, 3.8) is 0 Å². The predicted octanol–water partition coefficient (Wildman–Crippen LogP) is 4.68. The third kappa shape index (κ3) is 3.84. The van der Waals surface area contributed by atoms with Gasteiger partial charge in [0.2, 0.25) is 0 Å². The van der Waals surface area contributed by atoms with Gasteiger partial charge in [0.15, 0.2) is 5.78 Å². The minimum Gasteiger partial charge on any atom is -0.371 e. The summed E-state index contributed by atoms with van der Waals surface area (Å²) in [5, 5.41) is 0. The van der Waals surface area contributed by atoms with E-state index in [-0.39, 0.29) is 11.6 Å². The van der Waals surface area contributed by atoms with Crippen LogP contribution in [0.3, 0.4) is 0 Å². The number of hydrogen-bond donors (Lipinski definition) is 0. The van der Waals surface area contributed by atoms with Crippen molar-refractivity contribution in [3.8, 4) is 0 Å². The van der Waals surface area contributed by atoms with Crippen molar-refractivity contribution in [1.29, 1.82) is 0 Å². The molecule has 0 N–H and O–H groups in total. The van der Waals surface area contributed by atoms with Crippen LogP contribution in [0.15, 0.2) is 18.2 Å². The van der Waals surface area contributed by atoms with E-state index in [1.807, 2.05) is 0 Å². The highest BCUT2D eigenvalue weighted by atomic mass is 19.1. The van der Waals surface area contributed by atoms with Gasteiger partial charge in [-0.05, 0) is 55.7 Å². The molecule has 0 amide bonds. The van der Waals surface area contributed by atoms with Crippen LogP contribution in [-0.4, -0.2) is 18.9 Å². The van der Waals surface area contributed by atoms with E-state index in [0.717, 1.165) is 31.6 Å². The highest BCUT2D eigenvalue weighted by Crippen LogP contribution is 2.35. The highest BCUT2D eigenvalue weighted by Gasteiger charge is 2.28. The van der Waals surface area contributed by atoms with E-state index >= 15 is 0 Å². The molecular weight excluding hydrogens is 265 g/mol. The Morgan fingerprint density at radius 3 is 2.57 bits per heavy atom. The van der Waals surface area contributed by atoms with Crippen LogP contribution in [0.5, 0.6) is 0 Å². The van der Waals surface area contributed by atoms with Crippen molar-refractivity contribution in [2.45, 2.75) is 47.0 Å². The topological polar surface area (TPSA) is 20.3 Å². The summed E-state index contributed by atoms with van der Waals surface area (Å²) in [6.45, 7) is 10.3. The summed E-state index contributed by atoms with van der Waals surface area (Å²) >= 11 is 0. The molecule has 1 aromatic carbocycles. The van der Waals surface area contributed by atoms with Gasteiger partial charge in [-0.1, -0.05) is 20.8 Å². The van der Waals surface area contributed by atoms with E-state index in [4.69, 9.17) is 0 Å². The van der Waals surface area contributed by atoms with Crippen LogP contribution in [0.4, 0.5) is 10.1 Å². The SMILES string of the molecule is CC(=O)c1cc(F)ccc1N1CCCC(C(C)(C)C)CC1. The summed E-state index contributed by atoms with van der Waals surface area (Å²) in [7, 11) is 0. The lowest BCUT2D eigenvalue weighted by Crippen LogP contribution is -2.27. The van der Waals surface area contributed by atoms with E-state index in [9.17, 15) is 9.18 Å².